The lowest BCUT2D eigenvalue weighted by Crippen LogP contribution is -2.37. The van der Waals surface area contributed by atoms with Gasteiger partial charge in [0.05, 0.1) is 34.0 Å². The first-order valence-corrected chi connectivity index (χ1v) is 6.54. The normalized spacial score (nSPS) is 18.5. The summed E-state index contributed by atoms with van der Waals surface area (Å²) in [7, 11) is 3.29. The zero-order valence-electron chi connectivity index (χ0n) is 11.8. The highest BCUT2D eigenvalue weighted by Crippen LogP contribution is 2.39. The molecule has 0 radical (unpaired) electrons. The number of hydrogen-bond acceptors (Lipinski definition) is 4. The van der Waals surface area contributed by atoms with Crippen LogP contribution in [0.25, 0.3) is 0 Å². The summed E-state index contributed by atoms with van der Waals surface area (Å²) < 4.78 is 15.9. The van der Waals surface area contributed by atoms with Crippen LogP contribution in [0, 0.1) is 5.92 Å². The van der Waals surface area contributed by atoms with Crippen LogP contribution in [-0.4, -0.2) is 39.1 Å². The number of benzene rings is 1. The molecule has 0 aromatic heterocycles. The topological polar surface area (TPSA) is 47.9 Å². The van der Waals surface area contributed by atoms with Gasteiger partial charge in [-0.1, -0.05) is 6.92 Å². The van der Waals surface area contributed by atoms with Crippen LogP contribution >= 0.6 is 0 Å². The van der Waals surface area contributed by atoms with Crippen LogP contribution < -0.4 is 9.47 Å². The summed E-state index contributed by atoms with van der Waals surface area (Å²) in [4.78, 5) is 0. The van der Waals surface area contributed by atoms with Crippen LogP contribution in [0.3, 0.4) is 0 Å². The Bertz CT molecular complexity index is 428. The predicted molar refractivity (Wildman–Crippen MR) is 72.9 cm³/mol. The van der Waals surface area contributed by atoms with Crippen molar-refractivity contribution in [1.82, 2.24) is 0 Å². The summed E-state index contributed by atoms with van der Waals surface area (Å²) in [5, 5.41) is 9.85. The van der Waals surface area contributed by atoms with Crippen molar-refractivity contribution >= 4 is 0 Å². The molecule has 1 aliphatic heterocycles. The molecule has 0 bridgehead atoms. The van der Waals surface area contributed by atoms with Gasteiger partial charge in [0.25, 0.3) is 0 Å². The lowest BCUT2D eigenvalue weighted by atomic mass is 9.75. The molecule has 1 N–H and O–H groups in total. The van der Waals surface area contributed by atoms with E-state index >= 15 is 0 Å². The molecule has 0 amide bonds. The first kappa shape index (κ1) is 14.2. The highest BCUT2D eigenvalue weighted by molar-refractivity contribution is 5.45. The number of methoxy groups -OCH3 is 2. The van der Waals surface area contributed by atoms with E-state index in [0.29, 0.717) is 5.92 Å². The van der Waals surface area contributed by atoms with Crippen molar-refractivity contribution in [3.63, 3.8) is 0 Å². The van der Waals surface area contributed by atoms with Crippen LogP contribution in [0.15, 0.2) is 18.2 Å². The number of hydrogen-bond donors (Lipinski definition) is 1. The van der Waals surface area contributed by atoms with Gasteiger partial charge in [-0.3, -0.25) is 0 Å². The second-order valence-electron chi connectivity index (χ2n) is 5.39. The molecule has 0 spiro atoms. The minimum absolute atomic E-state index is 0.0764. The largest absolute Gasteiger partial charge is 0.497 e. The SMILES string of the molecule is COc1ccc(OC)c(C(C)(CO)CC2COC2)c1. The van der Waals surface area contributed by atoms with Gasteiger partial charge in [0.2, 0.25) is 0 Å². The maximum absolute atomic E-state index is 9.85. The molecular weight excluding hydrogens is 244 g/mol. The lowest BCUT2D eigenvalue weighted by Gasteiger charge is -2.36. The van der Waals surface area contributed by atoms with Gasteiger partial charge in [0, 0.05) is 16.9 Å². The number of ether oxygens (including phenoxy) is 3. The van der Waals surface area contributed by atoms with Crippen molar-refractivity contribution in [1.29, 1.82) is 0 Å². The summed E-state index contributed by atoms with van der Waals surface area (Å²) in [5.74, 6) is 2.07. The average Bonchev–Trinajstić information content (AvgIpc) is 2.42. The molecule has 1 aromatic carbocycles. The summed E-state index contributed by atoms with van der Waals surface area (Å²) >= 11 is 0. The van der Waals surface area contributed by atoms with E-state index in [0.717, 1.165) is 36.7 Å². The number of rotatable bonds is 6. The van der Waals surface area contributed by atoms with E-state index in [9.17, 15) is 5.11 Å². The Morgan fingerprint density at radius 2 is 2.05 bits per heavy atom. The van der Waals surface area contributed by atoms with E-state index in [2.05, 4.69) is 6.92 Å². The highest BCUT2D eigenvalue weighted by atomic mass is 16.5. The van der Waals surface area contributed by atoms with Gasteiger partial charge < -0.3 is 19.3 Å². The van der Waals surface area contributed by atoms with Crippen molar-refractivity contribution in [3.05, 3.63) is 23.8 Å². The van der Waals surface area contributed by atoms with E-state index in [4.69, 9.17) is 14.2 Å². The summed E-state index contributed by atoms with van der Waals surface area (Å²) in [6, 6.07) is 5.71. The maximum atomic E-state index is 9.85. The van der Waals surface area contributed by atoms with Crippen LogP contribution in [0.2, 0.25) is 0 Å². The average molecular weight is 266 g/mol. The first-order valence-electron chi connectivity index (χ1n) is 6.54. The molecular formula is C15H22O4. The Balaban J connectivity index is 2.33. The van der Waals surface area contributed by atoms with Gasteiger partial charge in [-0.05, 0) is 24.6 Å². The van der Waals surface area contributed by atoms with Crippen LogP contribution in [0.1, 0.15) is 18.9 Å². The van der Waals surface area contributed by atoms with E-state index < -0.39 is 0 Å². The van der Waals surface area contributed by atoms with Gasteiger partial charge in [0.1, 0.15) is 11.5 Å². The molecule has 1 heterocycles. The third-order valence-corrected chi connectivity index (χ3v) is 3.85. The molecule has 4 heteroatoms. The monoisotopic (exact) mass is 266 g/mol. The van der Waals surface area contributed by atoms with Crippen LogP contribution in [-0.2, 0) is 10.2 Å². The van der Waals surface area contributed by atoms with Gasteiger partial charge >= 0.3 is 0 Å². The first-order chi connectivity index (χ1) is 9.12. The molecule has 1 aliphatic rings. The van der Waals surface area contributed by atoms with E-state index in [1.165, 1.54) is 0 Å². The summed E-state index contributed by atoms with van der Waals surface area (Å²) in [6.45, 7) is 3.69. The lowest BCUT2D eigenvalue weighted by molar-refractivity contribution is -0.0487. The van der Waals surface area contributed by atoms with E-state index in [1.807, 2.05) is 18.2 Å². The Morgan fingerprint density at radius 1 is 1.32 bits per heavy atom. The van der Waals surface area contributed by atoms with Gasteiger partial charge in [0.15, 0.2) is 0 Å². The van der Waals surface area contributed by atoms with Crippen molar-refractivity contribution in [2.24, 2.45) is 5.92 Å². The van der Waals surface area contributed by atoms with Gasteiger partial charge in [-0.15, -0.1) is 0 Å². The molecule has 1 saturated heterocycles. The van der Waals surface area contributed by atoms with E-state index in [1.54, 1.807) is 14.2 Å². The molecule has 1 aromatic rings. The molecule has 106 valence electrons. The fourth-order valence-corrected chi connectivity index (χ4v) is 2.58. The third kappa shape index (κ3) is 2.85. The van der Waals surface area contributed by atoms with Crippen LogP contribution in [0.5, 0.6) is 11.5 Å². The highest BCUT2D eigenvalue weighted by Gasteiger charge is 2.35. The molecule has 2 rings (SSSR count). The zero-order chi connectivity index (χ0) is 13.9. The van der Waals surface area contributed by atoms with Crippen molar-refractivity contribution in [2.45, 2.75) is 18.8 Å². The molecule has 1 fully saturated rings. The molecule has 0 saturated carbocycles. The minimum atomic E-state index is -0.339. The molecule has 1 unspecified atom stereocenters. The van der Waals surface area contributed by atoms with Crippen molar-refractivity contribution < 1.29 is 19.3 Å². The maximum Gasteiger partial charge on any atom is 0.122 e. The minimum Gasteiger partial charge on any atom is -0.497 e. The quantitative estimate of drug-likeness (QED) is 0.855. The Labute approximate surface area is 114 Å². The third-order valence-electron chi connectivity index (χ3n) is 3.85. The fourth-order valence-electron chi connectivity index (χ4n) is 2.58. The number of aliphatic hydroxyl groups excluding tert-OH is 1. The van der Waals surface area contributed by atoms with Gasteiger partial charge in [-0.2, -0.15) is 0 Å². The molecule has 0 aliphatic carbocycles. The molecule has 4 nitrogen and oxygen atoms in total. The number of aliphatic hydroxyl groups is 1. The fraction of sp³-hybridized carbons (Fsp3) is 0.600. The molecule has 19 heavy (non-hydrogen) atoms. The van der Waals surface area contributed by atoms with E-state index in [-0.39, 0.29) is 12.0 Å². The van der Waals surface area contributed by atoms with Crippen molar-refractivity contribution in [2.75, 3.05) is 34.0 Å². The second kappa shape index (κ2) is 5.80. The van der Waals surface area contributed by atoms with Crippen molar-refractivity contribution in [3.8, 4) is 11.5 Å². The molecule has 1 atom stereocenters. The Hall–Kier alpha value is -1.26. The predicted octanol–water partition coefficient (Wildman–Crippen LogP) is 1.99. The smallest absolute Gasteiger partial charge is 0.122 e. The van der Waals surface area contributed by atoms with Gasteiger partial charge in [-0.25, -0.2) is 0 Å². The zero-order valence-corrected chi connectivity index (χ0v) is 11.8. The Kier molecular flexibility index (Phi) is 4.32. The second-order valence-corrected chi connectivity index (χ2v) is 5.39. The summed E-state index contributed by atoms with van der Waals surface area (Å²) in [6.07, 6.45) is 0.882. The van der Waals surface area contributed by atoms with Crippen LogP contribution in [0.4, 0.5) is 0 Å². The Morgan fingerprint density at radius 3 is 2.53 bits per heavy atom. The standard InChI is InChI=1S/C15H22O4/c1-15(10-16,7-11-8-19-9-11)13-6-12(17-2)4-5-14(13)18-3/h4-6,11,16H,7-10H2,1-3H3. The summed E-state index contributed by atoms with van der Waals surface area (Å²) in [5.41, 5.74) is 0.651.